The summed E-state index contributed by atoms with van der Waals surface area (Å²) in [6.45, 7) is 0. The van der Waals surface area contributed by atoms with E-state index in [2.05, 4.69) is 4.74 Å². The van der Waals surface area contributed by atoms with Crippen molar-refractivity contribution in [2.24, 2.45) is 0 Å². The second kappa shape index (κ2) is 3.29. The number of hydrogen-bond donors (Lipinski definition) is 4. The Morgan fingerprint density at radius 1 is 1.46 bits per heavy atom. The molecule has 1 saturated heterocycles. The average Bonchev–Trinajstić information content (AvgIpc) is 2.31. The summed E-state index contributed by atoms with van der Waals surface area (Å²) in [5.41, 5.74) is 0. The Hall–Kier alpha value is -1.18. The van der Waals surface area contributed by atoms with Crippen molar-refractivity contribution in [3.8, 4) is 0 Å². The minimum absolute atomic E-state index is 1.14. The smallest absolute Gasteiger partial charge is 0.338 e. The van der Waals surface area contributed by atoms with Crippen molar-refractivity contribution in [3.63, 3.8) is 0 Å². The highest BCUT2D eigenvalue weighted by Crippen LogP contribution is 2.18. The number of carboxylic acid groups (broad SMARTS) is 1. The number of ether oxygens (including phenoxy) is 1. The topological polar surface area (TPSA) is 124 Å². The van der Waals surface area contributed by atoms with Gasteiger partial charge in [0, 0.05) is 0 Å². The largest absolute Gasteiger partial charge is 0.479 e. The van der Waals surface area contributed by atoms with Crippen LogP contribution >= 0.6 is 0 Å². The minimum Gasteiger partial charge on any atom is -0.479 e. The molecule has 0 aromatic carbocycles. The third kappa shape index (κ3) is 1.62. The molecular weight excluding hydrogens is 184 g/mol. The molecule has 0 spiro atoms. The molecule has 74 valence electrons. The Kier molecular flexibility index (Phi) is 2.50. The SMILES string of the molecule is O=C1O[C@@H]([C@@H](O)C(=O)O)C(O)[C@@H]1O. The van der Waals surface area contributed by atoms with Gasteiger partial charge in [0.25, 0.3) is 0 Å². The molecule has 1 unspecified atom stereocenters. The lowest BCUT2D eigenvalue weighted by atomic mass is 10.1. The first-order chi connectivity index (χ1) is 5.95. The van der Waals surface area contributed by atoms with Crippen LogP contribution in [0.5, 0.6) is 0 Å². The lowest BCUT2D eigenvalue weighted by Crippen LogP contribution is -2.42. The zero-order valence-corrected chi connectivity index (χ0v) is 6.32. The van der Waals surface area contributed by atoms with Gasteiger partial charge in [-0.2, -0.15) is 0 Å². The number of carbonyl (C=O) groups is 2. The van der Waals surface area contributed by atoms with Gasteiger partial charge in [-0.05, 0) is 0 Å². The number of aliphatic hydroxyl groups is 3. The van der Waals surface area contributed by atoms with Crippen molar-refractivity contribution >= 4 is 11.9 Å². The Balaban J connectivity index is 2.73. The molecular formula is C6H8O7. The number of rotatable bonds is 2. The molecule has 0 bridgehead atoms. The molecule has 4 atom stereocenters. The summed E-state index contributed by atoms with van der Waals surface area (Å²) in [4.78, 5) is 20.8. The third-order valence-electron chi connectivity index (χ3n) is 1.72. The van der Waals surface area contributed by atoms with E-state index in [1.807, 2.05) is 0 Å². The number of carbonyl (C=O) groups excluding carboxylic acids is 1. The summed E-state index contributed by atoms with van der Waals surface area (Å²) in [5, 5.41) is 35.0. The van der Waals surface area contributed by atoms with E-state index in [0.717, 1.165) is 0 Å². The number of aliphatic hydroxyl groups excluding tert-OH is 3. The van der Waals surface area contributed by atoms with Crippen LogP contribution in [-0.4, -0.2) is 56.8 Å². The summed E-state index contributed by atoms with van der Waals surface area (Å²) in [6.07, 6.45) is -7.14. The molecule has 4 N–H and O–H groups in total. The molecule has 0 aliphatic carbocycles. The predicted octanol–water partition coefficient (Wildman–Crippen LogP) is -2.92. The van der Waals surface area contributed by atoms with Crippen LogP contribution < -0.4 is 0 Å². The Bertz CT molecular complexity index is 237. The molecule has 13 heavy (non-hydrogen) atoms. The molecule has 1 fully saturated rings. The van der Waals surface area contributed by atoms with Crippen molar-refractivity contribution in [2.45, 2.75) is 24.4 Å². The fraction of sp³-hybridized carbons (Fsp3) is 0.667. The first kappa shape index (κ1) is 9.90. The monoisotopic (exact) mass is 192 g/mol. The fourth-order valence-corrected chi connectivity index (χ4v) is 0.984. The van der Waals surface area contributed by atoms with Gasteiger partial charge in [-0.25, -0.2) is 9.59 Å². The van der Waals surface area contributed by atoms with Gasteiger partial charge in [-0.3, -0.25) is 0 Å². The summed E-state index contributed by atoms with van der Waals surface area (Å²) in [6, 6.07) is 0. The van der Waals surface area contributed by atoms with Crippen molar-refractivity contribution in [3.05, 3.63) is 0 Å². The highest BCUT2D eigenvalue weighted by Gasteiger charge is 2.48. The molecule has 0 amide bonds. The number of hydrogen-bond acceptors (Lipinski definition) is 6. The van der Waals surface area contributed by atoms with Crippen LogP contribution in [0.3, 0.4) is 0 Å². The van der Waals surface area contributed by atoms with Crippen LogP contribution in [-0.2, 0) is 14.3 Å². The van der Waals surface area contributed by atoms with Gasteiger partial charge < -0.3 is 25.2 Å². The molecule has 0 aromatic rings. The van der Waals surface area contributed by atoms with Crippen LogP contribution in [0, 0.1) is 0 Å². The summed E-state index contributed by atoms with van der Waals surface area (Å²) in [7, 11) is 0. The maximum Gasteiger partial charge on any atom is 0.338 e. The van der Waals surface area contributed by atoms with E-state index in [-0.39, 0.29) is 0 Å². The zero-order valence-electron chi connectivity index (χ0n) is 6.32. The van der Waals surface area contributed by atoms with Gasteiger partial charge in [0.15, 0.2) is 18.3 Å². The van der Waals surface area contributed by atoms with E-state index in [1.54, 1.807) is 0 Å². The minimum atomic E-state index is -2.03. The Morgan fingerprint density at radius 2 is 2.00 bits per heavy atom. The van der Waals surface area contributed by atoms with Crippen molar-refractivity contribution in [1.29, 1.82) is 0 Å². The van der Waals surface area contributed by atoms with Gasteiger partial charge in [0.2, 0.25) is 0 Å². The molecule has 1 heterocycles. The molecule has 1 rings (SSSR count). The maximum absolute atomic E-state index is 10.6. The molecule has 0 saturated carbocycles. The Labute approximate surface area is 72.2 Å². The number of cyclic esters (lactones) is 1. The molecule has 1 aliphatic rings. The van der Waals surface area contributed by atoms with Crippen LogP contribution in [0.25, 0.3) is 0 Å². The van der Waals surface area contributed by atoms with Gasteiger partial charge in [-0.1, -0.05) is 0 Å². The van der Waals surface area contributed by atoms with Crippen molar-refractivity contribution in [2.75, 3.05) is 0 Å². The summed E-state index contributed by atoms with van der Waals surface area (Å²) < 4.78 is 4.24. The second-order valence-electron chi connectivity index (χ2n) is 2.62. The van der Waals surface area contributed by atoms with Crippen molar-refractivity contribution in [1.82, 2.24) is 0 Å². The lowest BCUT2D eigenvalue weighted by Gasteiger charge is -2.15. The first-order valence-electron chi connectivity index (χ1n) is 3.42. The van der Waals surface area contributed by atoms with E-state index in [1.165, 1.54) is 0 Å². The quantitative estimate of drug-likeness (QED) is 0.345. The molecule has 1 aliphatic heterocycles. The highest BCUT2D eigenvalue weighted by molar-refractivity contribution is 5.80. The Morgan fingerprint density at radius 3 is 2.31 bits per heavy atom. The van der Waals surface area contributed by atoms with Crippen LogP contribution in [0.2, 0.25) is 0 Å². The normalized spacial score (nSPS) is 35.6. The van der Waals surface area contributed by atoms with E-state index < -0.39 is 36.4 Å². The maximum atomic E-state index is 10.6. The standard InChI is InChI=1S/C6H8O7/c7-1-2(8)6(12)13-4(1)3(9)5(10)11/h1-4,7-9H,(H,10,11)/t1?,2-,3+,4+/m0/s1. The van der Waals surface area contributed by atoms with Crippen LogP contribution in [0.15, 0.2) is 0 Å². The van der Waals surface area contributed by atoms with E-state index in [4.69, 9.17) is 20.4 Å². The third-order valence-corrected chi connectivity index (χ3v) is 1.72. The van der Waals surface area contributed by atoms with Gasteiger partial charge in [0.1, 0.15) is 6.10 Å². The fourth-order valence-electron chi connectivity index (χ4n) is 0.984. The highest BCUT2D eigenvalue weighted by atomic mass is 16.6. The molecule has 7 nitrogen and oxygen atoms in total. The molecule has 0 aromatic heterocycles. The number of carboxylic acids is 1. The van der Waals surface area contributed by atoms with E-state index in [9.17, 15) is 9.59 Å². The molecule has 7 heteroatoms. The van der Waals surface area contributed by atoms with Gasteiger partial charge >= 0.3 is 11.9 Å². The zero-order chi connectivity index (χ0) is 10.2. The number of esters is 1. The molecule has 0 radical (unpaired) electrons. The van der Waals surface area contributed by atoms with E-state index in [0.29, 0.717) is 0 Å². The van der Waals surface area contributed by atoms with Crippen LogP contribution in [0.4, 0.5) is 0 Å². The van der Waals surface area contributed by atoms with Gasteiger partial charge in [-0.15, -0.1) is 0 Å². The lowest BCUT2D eigenvalue weighted by molar-refractivity contribution is -0.161. The predicted molar refractivity (Wildman–Crippen MR) is 35.5 cm³/mol. The average molecular weight is 192 g/mol. The van der Waals surface area contributed by atoms with E-state index >= 15 is 0 Å². The second-order valence-corrected chi connectivity index (χ2v) is 2.62. The van der Waals surface area contributed by atoms with Crippen LogP contribution in [0.1, 0.15) is 0 Å². The first-order valence-corrected chi connectivity index (χ1v) is 3.42. The summed E-state index contributed by atoms with van der Waals surface area (Å²) in [5.74, 6) is -2.77. The summed E-state index contributed by atoms with van der Waals surface area (Å²) >= 11 is 0. The number of aliphatic carboxylic acids is 1. The van der Waals surface area contributed by atoms with Crippen molar-refractivity contribution < 1.29 is 34.8 Å². The van der Waals surface area contributed by atoms with Gasteiger partial charge in [0.05, 0.1) is 0 Å².